The smallest absolute Gasteiger partial charge is 0.136 e. The Hall–Kier alpha value is -7.16. The van der Waals surface area contributed by atoms with Gasteiger partial charge < -0.3 is 9.32 Å². The Labute approximate surface area is 312 Å². The van der Waals surface area contributed by atoms with Crippen LogP contribution in [0.5, 0.6) is 0 Å². The molecule has 1 aromatic heterocycles. The molecule has 2 heteroatoms. The summed E-state index contributed by atoms with van der Waals surface area (Å²) in [6, 6.07) is 72.4. The first kappa shape index (κ1) is 30.5. The summed E-state index contributed by atoms with van der Waals surface area (Å²) in [5, 5.41) is 12.0. The molecule has 2 nitrogen and oxygen atoms in total. The average Bonchev–Trinajstić information content (AvgIpc) is 3.61. The fourth-order valence-electron chi connectivity index (χ4n) is 8.53. The number of furan rings is 1. The Morgan fingerprint density at radius 1 is 0.315 bits per heavy atom. The van der Waals surface area contributed by atoms with E-state index in [0.717, 1.165) is 50.1 Å². The first-order chi connectivity index (χ1) is 26.8. The van der Waals surface area contributed by atoms with Gasteiger partial charge in [0.25, 0.3) is 0 Å². The van der Waals surface area contributed by atoms with Gasteiger partial charge in [0.15, 0.2) is 0 Å². The molecule has 0 bridgehead atoms. The molecule has 252 valence electrons. The molecule has 1 heterocycles. The minimum absolute atomic E-state index is 0.884. The topological polar surface area (TPSA) is 16.4 Å². The summed E-state index contributed by atoms with van der Waals surface area (Å²) >= 11 is 0. The minimum Gasteiger partial charge on any atom is -0.456 e. The Morgan fingerprint density at radius 3 is 1.74 bits per heavy atom. The second-order valence-corrected chi connectivity index (χ2v) is 14.1. The molecule has 11 rings (SSSR count). The van der Waals surface area contributed by atoms with Crippen LogP contribution >= 0.6 is 0 Å². The SMILES string of the molecule is c1ccc(N(c2ccc(-c3cccc4ccccc34)cc2)c2cc3ccccc3c3ccccc23)c(-c2cccc3oc4cc5ccccc5cc4c23)c1. The van der Waals surface area contributed by atoms with E-state index in [0.29, 0.717) is 0 Å². The predicted molar refractivity (Wildman–Crippen MR) is 229 cm³/mol. The van der Waals surface area contributed by atoms with Gasteiger partial charge in [-0.05, 0) is 96.9 Å². The van der Waals surface area contributed by atoms with E-state index in [9.17, 15) is 0 Å². The largest absolute Gasteiger partial charge is 0.456 e. The molecule has 0 saturated carbocycles. The Balaban J connectivity index is 1.18. The number of fused-ring (bicyclic) bond motifs is 8. The van der Waals surface area contributed by atoms with Gasteiger partial charge in [-0.3, -0.25) is 0 Å². The number of anilines is 3. The van der Waals surface area contributed by atoms with E-state index in [-0.39, 0.29) is 0 Å². The normalized spacial score (nSPS) is 11.7. The van der Waals surface area contributed by atoms with Crippen LogP contribution in [0, 0.1) is 0 Å². The molecule has 0 radical (unpaired) electrons. The van der Waals surface area contributed by atoms with Crippen LogP contribution in [-0.4, -0.2) is 0 Å². The summed E-state index contributed by atoms with van der Waals surface area (Å²) in [6.07, 6.45) is 0. The highest BCUT2D eigenvalue weighted by atomic mass is 16.3. The lowest BCUT2D eigenvalue weighted by Gasteiger charge is -2.30. The van der Waals surface area contributed by atoms with Crippen LogP contribution in [0.3, 0.4) is 0 Å². The van der Waals surface area contributed by atoms with Crippen LogP contribution in [0.15, 0.2) is 205 Å². The highest BCUT2D eigenvalue weighted by Gasteiger charge is 2.23. The van der Waals surface area contributed by atoms with Crippen molar-refractivity contribution in [3.8, 4) is 22.3 Å². The molecule has 0 aliphatic carbocycles. The van der Waals surface area contributed by atoms with Gasteiger partial charge in [-0.2, -0.15) is 0 Å². The Bertz CT molecular complexity index is 3220. The summed E-state index contributed by atoms with van der Waals surface area (Å²) in [4.78, 5) is 2.45. The maximum atomic E-state index is 6.57. The zero-order valence-electron chi connectivity index (χ0n) is 29.4. The quantitative estimate of drug-likeness (QED) is 0.168. The molecule has 0 spiro atoms. The molecule has 0 N–H and O–H groups in total. The van der Waals surface area contributed by atoms with Gasteiger partial charge in [-0.15, -0.1) is 0 Å². The van der Waals surface area contributed by atoms with Gasteiger partial charge in [0.05, 0.1) is 11.4 Å². The van der Waals surface area contributed by atoms with Crippen molar-refractivity contribution >= 4 is 82.1 Å². The van der Waals surface area contributed by atoms with Gasteiger partial charge in [0.1, 0.15) is 11.2 Å². The molecule has 0 saturated heterocycles. The molecule has 11 aromatic rings. The molecule has 10 aromatic carbocycles. The van der Waals surface area contributed by atoms with Gasteiger partial charge in [-0.25, -0.2) is 0 Å². The van der Waals surface area contributed by atoms with Crippen molar-refractivity contribution in [2.24, 2.45) is 0 Å². The zero-order valence-corrected chi connectivity index (χ0v) is 29.4. The molecule has 0 atom stereocenters. The predicted octanol–water partition coefficient (Wildman–Crippen LogP) is 15.0. The average molecular weight is 688 g/mol. The standard InChI is InChI=1S/C52H33NO/c1-2-15-37-33-51-47(31-36(37)14-1)52-46(24-12-26-50(52)54-51)45-22-9-10-25-48(45)53(49-32-38-16-4-6-19-42(38)43-20-7-8-21-44(43)49)39-29-27-35(28-30-39)41-23-11-17-34-13-3-5-18-40(34)41/h1-33H. The monoisotopic (exact) mass is 687 g/mol. The van der Waals surface area contributed by atoms with Gasteiger partial charge in [0, 0.05) is 27.4 Å². The highest BCUT2D eigenvalue weighted by molar-refractivity contribution is 6.18. The summed E-state index contributed by atoms with van der Waals surface area (Å²) < 4.78 is 6.57. The van der Waals surface area contributed by atoms with Crippen LogP contribution in [0.25, 0.3) is 87.3 Å². The minimum atomic E-state index is 0.884. The molecular weight excluding hydrogens is 655 g/mol. The molecule has 54 heavy (non-hydrogen) atoms. The Kier molecular flexibility index (Phi) is 6.90. The number of rotatable bonds is 5. The fraction of sp³-hybridized carbons (Fsp3) is 0. The summed E-state index contributed by atoms with van der Waals surface area (Å²) in [6.45, 7) is 0. The van der Waals surface area contributed by atoms with E-state index in [1.807, 2.05) is 0 Å². The van der Waals surface area contributed by atoms with Crippen molar-refractivity contribution in [2.45, 2.75) is 0 Å². The number of hydrogen-bond acceptors (Lipinski definition) is 2. The van der Waals surface area contributed by atoms with E-state index >= 15 is 0 Å². The van der Waals surface area contributed by atoms with Crippen molar-refractivity contribution in [3.63, 3.8) is 0 Å². The van der Waals surface area contributed by atoms with Crippen LogP contribution in [0.1, 0.15) is 0 Å². The van der Waals surface area contributed by atoms with E-state index in [2.05, 4.69) is 205 Å². The highest BCUT2D eigenvalue weighted by Crippen LogP contribution is 2.48. The fourth-order valence-corrected chi connectivity index (χ4v) is 8.53. The van der Waals surface area contributed by atoms with Crippen molar-refractivity contribution in [2.75, 3.05) is 4.90 Å². The molecular formula is C52H33NO. The lowest BCUT2D eigenvalue weighted by molar-refractivity contribution is 0.669. The van der Waals surface area contributed by atoms with Crippen molar-refractivity contribution in [1.29, 1.82) is 0 Å². The Morgan fingerprint density at radius 2 is 0.907 bits per heavy atom. The second-order valence-electron chi connectivity index (χ2n) is 14.1. The third-order valence-corrected chi connectivity index (χ3v) is 11.0. The summed E-state index contributed by atoms with van der Waals surface area (Å²) in [5.41, 5.74) is 9.78. The molecule has 0 aliphatic heterocycles. The van der Waals surface area contributed by atoms with Gasteiger partial charge in [-0.1, -0.05) is 158 Å². The first-order valence-corrected chi connectivity index (χ1v) is 18.5. The van der Waals surface area contributed by atoms with E-state index < -0.39 is 0 Å². The van der Waals surface area contributed by atoms with Crippen LogP contribution in [-0.2, 0) is 0 Å². The zero-order chi connectivity index (χ0) is 35.6. The summed E-state index contributed by atoms with van der Waals surface area (Å²) in [7, 11) is 0. The van der Waals surface area contributed by atoms with Crippen molar-refractivity contribution in [3.05, 3.63) is 200 Å². The molecule has 0 fully saturated rings. The molecule has 0 aliphatic rings. The second kappa shape index (κ2) is 12.2. The van der Waals surface area contributed by atoms with Crippen molar-refractivity contribution in [1.82, 2.24) is 0 Å². The summed E-state index contributed by atoms with van der Waals surface area (Å²) in [5.74, 6) is 0. The molecule has 0 unspecified atom stereocenters. The third-order valence-electron chi connectivity index (χ3n) is 11.0. The third kappa shape index (κ3) is 4.81. The van der Waals surface area contributed by atoms with Crippen molar-refractivity contribution < 1.29 is 4.42 Å². The van der Waals surface area contributed by atoms with Gasteiger partial charge >= 0.3 is 0 Å². The van der Waals surface area contributed by atoms with Crippen LogP contribution in [0.4, 0.5) is 17.1 Å². The number of benzene rings is 10. The maximum Gasteiger partial charge on any atom is 0.136 e. The van der Waals surface area contributed by atoms with Crippen LogP contribution < -0.4 is 4.90 Å². The number of para-hydroxylation sites is 1. The van der Waals surface area contributed by atoms with E-state index in [1.165, 1.54) is 54.2 Å². The van der Waals surface area contributed by atoms with Gasteiger partial charge in [0.2, 0.25) is 0 Å². The molecule has 0 amide bonds. The lowest BCUT2D eigenvalue weighted by atomic mass is 9.94. The van der Waals surface area contributed by atoms with Crippen LogP contribution in [0.2, 0.25) is 0 Å². The first-order valence-electron chi connectivity index (χ1n) is 18.5. The van der Waals surface area contributed by atoms with E-state index in [1.54, 1.807) is 0 Å². The maximum absolute atomic E-state index is 6.57. The lowest BCUT2D eigenvalue weighted by Crippen LogP contribution is -2.12. The number of nitrogens with zero attached hydrogens (tertiary/aromatic N) is 1. The van der Waals surface area contributed by atoms with E-state index in [4.69, 9.17) is 4.42 Å². The number of hydrogen-bond donors (Lipinski definition) is 0.